The Bertz CT molecular complexity index is 1110. The van der Waals surface area contributed by atoms with Crippen LogP contribution in [0.2, 0.25) is 0 Å². The topological polar surface area (TPSA) is 52.7 Å². The SMILES string of the molecule is CCC(=O)Nc1ccc(N(C)C)c(CN(C(=O)c2cccc(C)c2)C(C)c2ccccc2)c1. The van der Waals surface area contributed by atoms with Gasteiger partial charge < -0.3 is 15.1 Å². The summed E-state index contributed by atoms with van der Waals surface area (Å²) in [4.78, 5) is 29.6. The lowest BCUT2D eigenvalue weighted by Crippen LogP contribution is -2.34. The zero-order valence-electron chi connectivity index (χ0n) is 20.1. The molecule has 0 heterocycles. The molecule has 0 saturated heterocycles. The molecule has 0 bridgehead atoms. The molecule has 3 rings (SSSR count). The van der Waals surface area contributed by atoms with Gasteiger partial charge in [-0.25, -0.2) is 0 Å². The van der Waals surface area contributed by atoms with Crippen LogP contribution >= 0.6 is 0 Å². The predicted octanol–water partition coefficient (Wildman–Crippen LogP) is 5.81. The largest absolute Gasteiger partial charge is 0.377 e. The summed E-state index contributed by atoms with van der Waals surface area (Å²) in [6.07, 6.45) is 0.410. The number of hydrogen-bond donors (Lipinski definition) is 1. The second-order valence-corrected chi connectivity index (χ2v) is 8.53. The fourth-order valence-corrected chi connectivity index (χ4v) is 3.90. The van der Waals surface area contributed by atoms with E-state index in [0.29, 0.717) is 18.5 Å². The van der Waals surface area contributed by atoms with Crippen LogP contribution < -0.4 is 10.2 Å². The molecule has 5 nitrogen and oxygen atoms in total. The lowest BCUT2D eigenvalue weighted by Gasteiger charge is -2.32. The van der Waals surface area contributed by atoms with E-state index in [1.165, 1.54) is 0 Å². The van der Waals surface area contributed by atoms with Gasteiger partial charge in [-0.15, -0.1) is 0 Å². The molecule has 0 fully saturated rings. The van der Waals surface area contributed by atoms with E-state index >= 15 is 0 Å². The van der Waals surface area contributed by atoms with E-state index in [4.69, 9.17) is 0 Å². The Balaban J connectivity index is 2.04. The number of carbonyl (C=O) groups excluding carboxylic acids is 2. The van der Waals surface area contributed by atoms with Gasteiger partial charge in [0.1, 0.15) is 0 Å². The van der Waals surface area contributed by atoms with E-state index in [0.717, 1.165) is 28.1 Å². The fourth-order valence-electron chi connectivity index (χ4n) is 3.90. The quantitative estimate of drug-likeness (QED) is 0.478. The van der Waals surface area contributed by atoms with Crippen LogP contribution in [-0.2, 0) is 11.3 Å². The molecule has 3 aromatic carbocycles. The summed E-state index contributed by atoms with van der Waals surface area (Å²) < 4.78 is 0. The molecule has 0 aliphatic heterocycles. The van der Waals surface area contributed by atoms with Crippen LogP contribution in [0.5, 0.6) is 0 Å². The molecular formula is C28H33N3O2. The molecule has 0 spiro atoms. The number of amides is 2. The number of rotatable bonds is 8. The number of anilines is 2. The third-order valence-corrected chi connectivity index (χ3v) is 5.78. The first kappa shape index (κ1) is 24.1. The van der Waals surface area contributed by atoms with Gasteiger partial charge in [0, 0.05) is 44.0 Å². The lowest BCUT2D eigenvalue weighted by molar-refractivity contribution is -0.115. The van der Waals surface area contributed by atoms with Crippen molar-refractivity contribution in [1.29, 1.82) is 0 Å². The summed E-state index contributed by atoms with van der Waals surface area (Å²) in [5.74, 6) is -0.0633. The Kier molecular flexibility index (Phi) is 7.88. The average molecular weight is 444 g/mol. The van der Waals surface area contributed by atoms with Gasteiger partial charge in [0.25, 0.3) is 5.91 Å². The van der Waals surface area contributed by atoms with Crippen molar-refractivity contribution in [2.75, 3.05) is 24.3 Å². The van der Waals surface area contributed by atoms with Gasteiger partial charge in [-0.2, -0.15) is 0 Å². The molecule has 1 atom stereocenters. The number of benzene rings is 3. The molecule has 0 aliphatic carbocycles. The van der Waals surface area contributed by atoms with E-state index in [9.17, 15) is 9.59 Å². The minimum atomic E-state index is -0.136. The number of hydrogen-bond acceptors (Lipinski definition) is 3. The smallest absolute Gasteiger partial charge is 0.254 e. The summed E-state index contributed by atoms with van der Waals surface area (Å²) in [7, 11) is 3.97. The number of aryl methyl sites for hydroxylation is 1. The monoisotopic (exact) mass is 443 g/mol. The van der Waals surface area contributed by atoms with Crippen LogP contribution in [-0.4, -0.2) is 30.8 Å². The van der Waals surface area contributed by atoms with Gasteiger partial charge >= 0.3 is 0 Å². The van der Waals surface area contributed by atoms with Crippen molar-refractivity contribution in [2.45, 2.75) is 39.8 Å². The maximum Gasteiger partial charge on any atom is 0.254 e. The Labute approximate surface area is 197 Å². The normalized spacial score (nSPS) is 11.5. The van der Waals surface area contributed by atoms with Crippen LogP contribution in [0.15, 0.2) is 72.8 Å². The average Bonchev–Trinajstić information content (AvgIpc) is 2.82. The summed E-state index contributed by atoms with van der Waals surface area (Å²) in [5.41, 5.74) is 5.49. The molecule has 0 radical (unpaired) electrons. The predicted molar refractivity (Wildman–Crippen MR) is 136 cm³/mol. The van der Waals surface area contributed by atoms with Crippen molar-refractivity contribution < 1.29 is 9.59 Å². The molecule has 1 N–H and O–H groups in total. The molecule has 0 aromatic heterocycles. The second kappa shape index (κ2) is 10.8. The zero-order chi connectivity index (χ0) is 24.0. The minimum absolute atomic E-state index is 0.0252. The first-order chi connectivity index (χ1) is 15.8. The molecule has 33 heavy (non-hydrogen) atoms. The van der Waals surface area contributed by atoms with E-state index in [1.807, 2.05) is 111 Å². The molecule has 0 saturated carbocycles. The van der Waals surface area contributed by atoms with Crippen molar-refractivity contribution in [3.05, 3.63) is 95.1 Å². The summed E-state index contributed by atoms with van der Waals surface area (Å²) >= 11 is 0. The molecule has 3 aromatic rings. The number of nitrogens with one attached hydrogen (secondary N) is 1. The number of carbonyl (C=O) groups is 2. The minimum Gasteiger partial charge on any atom is -0.377 e. The molecule has 172 valence electrons. The van der Waals surface area contributed by atoms with Gasteiger partial charge in [0.2, 0.25) is 5.91 Å². The van der Waals surface area contributed by atoms with Crippen LogP contribution in [0.4, 0.5) is 11.4 Å². The Morgan fingerprint density at radius 1 is 0.939 bits per heavy atom. The van der Waals surface area contributed by atoms with Crippen molar-refractivity contribution in [3.8, 4) is 0 Å². The highest BCUT2D eigenvalue weighted by Gasteiger charge is 2.24. The van der Waals surface area contributed by atoms with Crippen LogP contribution in [0.25, 0.3) is 0 Å². The first-order valence-corrected chi connectivity index (χ1v) is 11.3. The first-order valence-electron chi connectivity index (χ1n) is 11.3. The Morgan fingerprint density at radius 2 is 1.67 bits per heavy atom. The van der Waals surface area contributed by atoms with Gasteiger partial charge in [0.05, 0.1) is 6.04 Å². The summed E-state index contributed by atoms with van der Waals surface area (Å²) in [6.45, 7) is 6.28. The van der Waals surface area contributed by atoms with Crippen molar-refractivity contribution in [1.82, 2.24) is 4.90 Å². The van der Waals surface area contributed by atoms with E-state index in [2.05, 4.69) is 12.2 Å². The van der Waals surface area contributed by atoms with Crippen LogP contribution in [0, 0.1) is 6.92 Å². The fraction of sp³-hybridized carbons (Fsp3) is 0.286. The van der Waals surface area contributed by atoms with Gasteiger partial charge in [0.15, 0.2) is 0 Å². The molecular weight excluding hydrogens is 410 g/mol. The van der Waals surface area contributed by atoms with Crippen molar-refractivity contribution in [3.63, 3.8) is 0 Å². The maximum absolute atomic E-state index is 13.7. The highest BCUT2D eigenvalue weighted by Crippen LogP contribution is 2.30. The standard InChI is InChI=1S/C28H33N3O2/c1-6-27(32)29-25-15-16-26(30(4)5)24(18-25)19-31(21(3)22-12-8-7-9-13-22)28(33)23-14-10-11-20(2)17-23/h7-18,21H,6,19H2,1-5H3,(H,29,32). The molecule has 2 amide bonds. The second-order valence-electron chi connectivity index (χ2n) is 8.53. The van der Waals surface area contributed by atoms with E-state index in [-0.39, 0.29) is 17.9 Å². The third-order valence-electron chi connectivity index (χ3n) is 5.78. The van der Waals surface area contributed by atoms with Gasteiger partial charge in [-0.3, -0.25) is 9.59 Å². The Hall–Kier alpha value is -3.60. The van der Waals surface area contributed by atoms with E-state index in [1.54, 1.807) is 0 Å². The highest BCUT2D eigenvalue weighted by atomic mass is 16.2. The highest BCUT2D eigenvalue weighted by molar-refractivity contribution is 5.95. The Morgan fingerprint density at radius 3 is 2.30 bits per heavy atom. The van der Waals surface area contributed by atoms with Crippen molar-refractivity contribution >= 4 is 23.2 Å². The van der Waals surface area contributed by atoms with Gasteiger partial charge in [-0.1, -0.05) is 55.0 Å². The number of nitrogens with zero attached hydrogens (tertiary/aromatic N) is 2. The van der Waals surface area contributed by atoms with Crippen LogP contribution in [0.1, 0.15) is 53.4 Å². The summed E-state index contributed by atoms with van der Waals surface area (Å²) in [5, 5.41) is 2.94. The molecule has 0 aliphatic rings. The van der Waals surface area contributed by atoms with Crippen LogP contribution in [0.3, 0.4) is 0 Å². The van der Waals surface area contributed by atoms with E-state index < -0.39 is 0 Å². The summed E-state index contributed by atoms with van der Waals surface area (Å²) in [6, 6.07) is 23.5. The van der Waals surface area contributed by atoms with Gasteiger partial charge in [-0.05, 0) is 55.3 Å². The third kappa shape index (κ3) is 6.01. The maximum atomic E-state index is 13.7. The zero-order valence-corrected chi connectivity index (χ0v) is 20.1. The van der Waals surface area contributed by atoms with Crippen molar-refractivity contribution in [2.24, 2.45) is 0 Å². The molecule has 1 unspecified atom stereocenters. The molecule has 5 heteroatoms. The lowest BCUT2D eigenvalue weighted by atomic mass is 10.0.